The molecule has 3 aromatic rings. The van der Waals surface area contributed by atoms with Crippen molar-refractivity contribution in [3.8, 4) is 0 Å². The zero-order valence-electron chi connectivity index (χ0n) is 26.2. The molecule has 15 nitrogen and oxygen atoms in total. The number of hydrogen-bond donors (Lipinski definition) is 6. The summed E-state index contributed by atoms with van der Waals surface area (Å²) in [4.78, 5) is 64.0. The van der Waals surface area contributed by atoms with Crippen molar-refractivity contribution in [2.75, 3.05) is 31.4 Å². The van der Waals surface area contributed by atoms with Gasteiger partial charge >= 0.3 is 5.97 Å². The van der Waals surface area contributed by atoms with Crippen molar-refractivity contribution in [2.24, 2.45) is 0 Å². The highest BCUT2D eigenvalue weighted by molar-refractivity contribution is 5.97. The van der Waals surface area contributed by atoms with E-state index in [9.17, 15) is 24.3 Å². The van der Waals surface area contributed by atoms with Gasteiger partial charge < -0.3 is 36.3 Å². The molecule has 7 N–H and O–H groups in total. The molecular weight excluding hydrogens is 584 g/mol. The standard InChI is InChI=1S/C30H42N8O7/c1-29(2,12-15-45-30(3,4)13-14-44-5)38-22(39)11-10-21(27(42)43)35-25(40)18-6-8-19(9-7-18)32-16-20-17-33-24-23(34-20)26(41)37-28(31)36-24/h6-9,17,21,32H,10-16H2,1-5H3,(H,35,40)(H,38,39)(H,42,43)(H3,31,33,36,37,41). The van der Waals surface area contributed by atoms with Crippen molar-refractivity contribution in [2.45, 2.75) is 77.1 Å². The summed E-state index contributed by atoms with van der Waals surface area (Å²) >= 11 is 0. The van der Waals surface area contributed by atoms with Gasteiger partial charge in [-0.2, -0.15) is 4.98 Å². The molecule has 2 aromatic heterocycles. The molecule has 0 aliphatic rings. The average Bonchev–Trinajstić information content (AvgIpc) is 2.96. The first-order chi connectivity index (χ1) is 21.2. The number of nitrogens with two attached hydrogens (primary N) is 1. The van der Waals surface area contributed by atoms with E-state index in [2.05, 4.69) is 35.9 Å². The lowest BCUT2D eigenvalue weighted by atomic mass is 9.99. The van der Waals surface area contributed by atoms with Gasteiger partial charge in [-0.3, -0.25) is 19.4 Å². The number of carboxylic acids is 1. The molecule has 1 aromatic carbocycles. The van der Waals surface area contributed by atoms with E-state index >= 15 is 0 Å². The van der Waals surface area contributed by atoms with Crippen LogP contribution in [0.4, 0.5) is 11.6 Å². The fourth-order valence-electron chi connectivity index (χ4n) is 4.27. The molecule has 0 saturated carbocycles. The van der Waals surface area contributed by atoms with Crippen LogP contribution in [0.25, 0.3) is 11.2 Å². The molecule has 0 aliphatic heterocycles. The van der Waals surface area contributed by atoms with Crippen molar-refractivity contribution in [3.63, 3.8) is 0 Å². The normalized spacial score (nSPS) is 12.5. The number of amides is 2. The number of hydrogen-bond acceptors (Lipinski definition) is 11. The molecule has 45 heavy (non-hydrogen) atoms. The van der Waals surface area contributed by atoms with E-state index in [0.717, 1.165) is 6.42 Å². The van der Waals surface area contributed by atoms with E-state index in [1.54, 1.807) is 19.2 Å². The highest BCUT2D eigenvalue weighted by atomic mass is 16.5. The van der Waals surface area contributed by atoms with Crippen LogP contribution in [0.3, 0.4) is 0 Å². The molecule has 0 bridgehead atoms. The summed E-state index contributed by atoms with van der Waals surface area (Å²) in [5, 5.41) is 18.2. The van der Waals surface area contributed by atoms with Gasteiger partial charge in [0.15, 0.2) is 11.2 Å². The zero-order chi connectivity index (χ0) is 33.2. The second-order valence-electron chi connectivity index (χ2n) is 11.9. The SMILES string of the molecule is COCCC(C)(C)OCCC(C)(C)NC(=O)CCC(NC(=O)c1ccc(NCc2cnc3nc(N)[nH]c(=O)c3n2)cc1)C(=O)O. The molecule has 0 radical (unpaired) electrons. The number of aromatic amines is 1. The molecule has 15 heteroatoms. The number of fused-ring (bicyclic) bond motifs is 1. The molecular formula is C30H42N8O7. The van der Waals surface area contributed by atoms with Gasteiger partial charge in [-0.05, 0) is 71.2 Å². The Morgan fingerprint density at radius 1 is 1.07 bits per heavy atom. The summed E-state index contributed by atoms with van der Waals surface area (Å²) in [6.07, 6.45) is 2.59. The number of benzene rings is 1. The average molecular weight is 627 g/mol. The van der Waals surface area contributed by atoms with Gasteiger partial charge in [0, 0.05) is 43.5 Å². The quantitative estimate of drug-likeness (QED) is 0.127. The maximum atomic E-state index is 12.8. The maximum absolute atomic E-state index is 12.8. The van der Waals surface area contributed by atoms with Gasteiger partial charge in [0.05, 0.1) is 24.0 Å². The lowest BCUT2D eigenvalue weighted by molar-refractivity contribution is -0.139. The molecule has 2 heterocycles. The van der Waals surface area contributed by atoms with Crippen molar-refractivity contribution in [3.05, 3.63) is 52.1 Å². The summed E-state index contributed by atoms with van der Waals surface area (Å²) in [7, 11) is 1.64. The minimum absolute atomic E-state index is 0.0487. The molecule has 0 fully saturated rings. The Morgan fingerprint density at radius 3 is 2.44 bits per heavy atom. The van der Waals surface area contributed by atoms with Crippen LogP contribution < -0.4 is 27.2 Å². The topological polar surface area (TPSA) is 224 Å². The molecule has 3 rings (SSSR count). The number of carboxylic acid groups (broad SMARTS) is 1. The van der Waals surface area contributed by atoms with Gasteiger partial charge in [-0.1, -0.05) is 0 Å². The predicted molar refractivity (Wildman–Crippen MR) is 168 cm³/mol. The highest BCUT2D eigenvalue weighted by Gasteiger charge is 2.26. The fraction of sp³-hybridized carbons (Fsp3) is 0.500. The highest BCUT2D eigenvalue weighted by Crippen LogP contribution is 2.18. The largest absolute Gasteiger partial charge is 0.480 e. The smallest absolute Gasteiger partial charge is 0.326 e. The second-order valence-corrected chi connectivity index (χ2v) is 11.9. The van der Waals surface area contributed by atoms with Gasteiger partial charge in [-0.25, -0.2) is 14.8 Å². The van der Waals surface area contributed by atoms with E-state index < -0.39 is 29.0 Å². The molecule has 244 valence electrons. The Balaban J connectivity index is 1.47. The Labute approximate surface area is 260 Å². The summed E-state index contributed by atoms with van der Waals surface area (Å²) in [6.45, 7) is 8.95. The number of aliphatic carboxylic acids is 1. The van der Waals surface area contributed by atoms with Gasteiger partial charge in [0.1, 0.15) is 6.04 Å². The van der Waals surface area contributed by atoms with Crippen LogP contribution >= 0.6 is 0 Å². The van der Waals surface area contributed by atoms with Crippen molar-refractivity contribution < 1.29 is 29.0 Å². The summed E-state index contributed by atoms with van der Waals surface area (Å²) < 4.78 is 11.1. The first-order valence-corrected chi connectivity index (χ1v) is 14.5. The molecule has 0 spiro atoms. The Kier molecular flexibility index (Phi) is 11.9. The minimum Gasteiger partial charge on any atom is -0.480 e. The lowest BCUT2D eigenvalue weighted by Crippen LogP contribution is -2.46. The van der Waals surface area contributed by atoms with Crippen LogP contribution in [0, 0.1) is 0 Å². The summed E-state index contributed by atoms with van der Waals surface area (Å²) in [6, 6.07) is 5.11. The van der Waals surface area contributed by atoms with Crippen LogP contribution in [-0.2, 0) is 25.6 Å². The Morgan fingerprint density at radius 2 is 1.78 bits per heavy atom. The number of aromatic nitrogens is 4. The van der Waals surface area contributed by atoms with Gasteiger partial charge in [-0.15, -0.1) is 0 Å². The van der Waals surface area contributed by atoms with Crippen molar-refractivity contribution in [1.29, 1.82) is 0 Å². The third kappa shape index (κ3) is 11.1. The number of H-pyrrole nitrogens is 1. The number of anilines is 2. The van der Waals surface area contributed by atoms with Crippen molar-refractivity contribution >= 4 is 40.6 Å². The number of methoxy groups -OCH3 is 1. The first-order valence-electron chi connectivity index (χ1n) is 14.5. The molecule has 0 saturated heterocycles. The first kappa shape index (κ1) is 34.9. The molecule has 1 unspecified atom stereocenters. The number of ether oxygens (including phenoxy) is 2. The second kappa shape index (κ2) is 15.4. The maximum Gasteiger partial charge on any atom is 0.326 e. The zero-order valence-corrected chi connectivity index (χ0v) is 26.2. The van der Waals surface area contributed by atoms with E-state index in [1.807, 2.05) is 27.7 Å². The van der Waals surface area contributed by atoms with Crippen molar-refractivity contribution in [1.82, 2.24) is 30.6 Å². The van der Waals surface area contributed by atoms with Crippen LogP contribution in [0.5, 0.6) is 0 Å². The van der Waals surface area contributed by atoms with E-state index in [0.29, 0.717) is 31.0 Å². The monoisotopic (exact) mass is 626 g/mol. The van der Waals surface area contributed by atoms with Crippen LogP contribution in [0.2, 0.25) is 0 Å². The molecule has 1 atom stereocenters. The Bertz CT molecular complexity index is 1540. The van der Waals surface area contributed by atoms with Crippen LogP contribution in [0.1, 0.15) is 69.4 Å². The number of carbonyl (C=O) groups excluding carboxylic acids is 2. The summed E-state index contributed by atoms with van der Waals surface area (Å²) in [5.41, 5.74) is 5.67. The van der Waals surface area contributed by atoms with E-state index in [1.165, 1.54) is 18.3 Å². The number of nitrogens with zero attached hydrogens (tertiary/aromatic N) is 3. The number of nitrogens with one attached hydrogen (secondary N) is 4. The number of rotatable bonds is 17. The third-order valence-corrected chi connectivity index (χ3v) is 6.98. The summed E-state index contributed by atoms with van der Waals surface area (Å²) in [5.74, 6) is -2.20. The molecule has 0 aliphatic carbocycles. The van der Waals surface area contributed by atoms with Gasteiger partial charge in [0.2, 0.25) is 11.9 Å². The minimum atomic E-state index is -1.26. The lowest BCUT2D eigenvalue weighted by Gasteiger charge is -2.30. The van der Waals surface area contributed by atoms with Crippen LogP contribution in [-0.4, -0.2) is 80.3 Å². The van der Waals surface area contributed by atoms with Gasteiger partial charge in [0.25, 0.3) is 11.5 Å². The number of carbonyl (C=O) groups is 3. The fourth-order valence-corrected chi connectivity index (χ4v) is 4.27. The molecule has 2 amide bonds. The third-order valence-electron chi connectivity index (χ3n) is 6.98. The van der Waals surface area contributed by atoms with E-state index in [4.69, 9.17) is 15.2 Å². The Hall–Kier alpha value is -4.63. The van der Waals surface area contributed by atoms with E-state index in [-0.39, 0.29) is 53.6 Å². The predicted octanol–water partition coefficient (Wildman–Crippen LogP) is 1.99. The van der Waals surface area contributed by atoms with Crippen LogP contribution in [0.15, 0.2) is 35.3 Å². The number of nitrogen functional groups attached to an aromatic ring is 1.